The standard InChI is InChI=1S/C5H9ClO2S/c1-2-4-3-5(4)9(6,7)8/h4-5H,2-3H2,1H3/t4-,5+/m0/s1. The second-order valence-electron chi connectivity index (χ2n) is 2.42. The first kappa shape index (κ1) is 7.35. The largest absolute Gasteiger partial charge is 0.235 e. The summed E-state index contributed by atoms with van der Waals surface area (Å²) in [7, 11) is 1.86. The Morgan fingerprint density at radius 3 is 2.33 bits per heavy atom. The second-order valence-corrected chi connectivity index (χ2v) is 5.27. The van der Waals surface area contributed by atoms with Crippen LogP contribution in [-0.2, 0) is 9.05 Å². The van der Waals surface area contributed by atoms with Crippen molar-refractivity contribution in [2.45, 2.75) is 25.0 Å². The van der Waals surface area contributed by atoms with Crippen molar-refractivity contribution in [1.82, 2.24) is 0 Å². The van der Waals surface area contributed by atoms with Gasteiger partial charge in [0.05, 0.1) is 5.25 Å². The summed E-state index contributed by atoms with van der Waals surface area (Å²) in [6.45, 7) is 1.98. The van der Waals surface area contributed by atoms with Crippen molar-refractivity contribution in [2.75, 3.05) is 0 Å². The predicted molar refractivity (Wildman–Crippen MR) is 37.0 cm³/mol. The molecule has 0 aromatic carbocycles. The minimum atomic E-state index is -3.22. The fraction of sp³-hybridized carbons (Fsp3) is 1.00. The molecule has 1 saturated carbocycles. The molecule has 54 valence electrons. The van der Waals surface area contributed by atoms with Crippen LogP contribution in [0.3, 0.4) is 0 Å². The summed E-state index contributed by atoms with van der Waals surface area (Å²) in [4.78, 5) is 0. The Balaban J connectivity index is 2.53. The highest BCUT2D eigenvalue weighted by atomic mass is 35.7. The van der Waals surface area contributed by atoms with Gasteiger partial charge in [0, 0.05) is 10.7 Å². The summed E-state index contributed by atoms with van der Waals surface area (Å²) in [5.74, 6) is 0.340. The highest BCUT2D eigenvalue weighted by Crippen LogP contribution is 2.41. The maximum atomic E-state index is 10.5. The van der Waals surface area contributed by atoms with Crippen molar-refractivity contribution in [3.8, 4) is 0 Å². The summed E-state index contributed by atoms with van der Waals surface area (Å²) in [6, 6.07) is 0. The van der Waals surface area contributed by atoms with Gasteiger partial charge in [-0.3, -0.25) is 0 Å². The van der Waals surface area contributed by atoms with Crippen LogP contribution < -0.4 is 0 Å². The summed E-state index contributed by atoms with van der Waals surface area (Å²) < 4.78 is 21.1. The van der Waals surface area contributed by atoms with Crippen molar-refractivity contribution in [2.24, 2.45) is 5.92 Å². The Morgan fingerprint density at radius 1 is 1.67 bits per heavy atom. The molecule has 1 aliphatic carbocycles. The first-order chi connectivity index (χ1) is 4.05. The Kier molecular flexibility index (Phi) is 1.74. The third-order valence-corrected chi connectivity index (χ3v) is 3.73. The van der Waals surface area contributed by atoms with Crippen molar-refractivity contribution in [3.63, 3.8) is 0 Å². The van der Waals surface area contributed by atoms with E-state index in [1.807, 2.05) is 6.92 Å². The highest BCUT2D eigenvalue weighted by Gasteiger charge is 2.44. The lowest BCUT2D eigenvalue weighted by molar-refractivity contribution is 0.605. The number of halogens is 1. The third-order valence-electron chi connectivity index (χ3n) is 1.74. The zero-order chi connectivity index (χ0) is 7.07. The fourth-order valence-corrected chi connectivity index (χ4v) is 2.78. The monoisotopic (exact) mass is 168 g/mol. The zero-order valence-corrected chi connectivity index (χ0v) is 6.74. The molecular weight excluding hydrogens is 160 g/mol. The Bertz CT molecular complexity index is 197. The lowest BCUT2D eigenvalue weighted by Gasteiger charge is -1.88. The molecule has 0 spiro atoms. The first-order valence-corrected chi connectivity index (χ1v) is 5.36. The summed E-state index contributed by atoms with van der Waals surface area (Å²) >= 11 is 0. The molecule has 0 radical (unpaired) electrons. The third kappa shape index (κ3) is 1.58. The van der Waals surface area contributed by atoms with Crippen LogP contribution in [0.15, 0.2) is 0 Å². The van der Waals surface area contributed by atoms with Crippen LogP contribution in [0.4, 0.5) is 0 Å². The van der Waals surface area contributed by atoms with E-state index in [2.05, 4.69) is 0 Å². The number of hydrogen-bond donors (Lipinski definition) is 0. The average molecular weight is 169 g/mol. The van der Waals surface area contributed by atoms with Gasteiger partial charge in [-0.15, -0.1) is 0 Å². The smallest absolute Gasteiger partial charge is 0.212 e. The summed E-state index contributed by atoms with van der Waals surface area (Å²) in [6.07, 6.45) is 1.69. The molecule has 0 saturated heterocycles. The molecule has 4 heteroatoms. The van der Waals surface area contributed by atoms with E-state index in [1.54, 1.807) is 0 Å². The second kappa shape index (κ2) is 2.13. The molecule has 1 fully saturated rings. The van der Waals surface area contributed by atoms with E-state index in [0.717, 1.165) is 12.8 Å². The SMILES string of the molecule is CC[C@H]1C[C@H]1S(=O)(=O)Cl. The fourth-order valence-electron chi connectivity index (χ4n) is 0.994. The van der Waals surface area contributed by atoms with Crippen molar-refractivity contribution < 1.29 is 8.42 Å². The topological polar surface area (TPSA) is 34.1 Å². The molecule has 0 aliphatic heterocycles. The molecular formula is C5H9ClO2S. The van der Waals surface area contributed by atoms with Gasteiger partial charge >= 0.3 is 0 Å². The van der Waals surface area contributed by atoms with Gasteiger partial charge in [-0.1, -0.05) is 13.3 Å². The molecule has 0 aromatic rings. The molecule has 0 bridgehead atoms. The van der Waals surface area contributed by atoms with Gasteiger partial charge in [0.2, 0.25) is 9.05 Å². The molecule has 9 heavy (non-hydrogen) atoms. The van der Waals surface area contributed by atoms with Crippen LogP contribution in [0.25, 0.3) is 0 Å². The molecule has 1 aliphatic rings. The van der Waals surface area contributed by atoms with Gasteiger partial charge in [0.15, 0.2) is 0 Å². The Labute approximate surface area is 59.6 Å². The molecule has 1 rings (SSSR count). The van der Waals surface area contributed by atoms with Gasteiger partial charge in [0.25, 0.3) is 0 Å². The molecule has 2 nitrogen and oxygen atoms in total. The lowest BCUT2D eigenvalue weighted by Crippen LogP contribution is -1.98. The van der Waals surface area contributed by atoms with E-state index in [-0.39, 0.29) is 5.25 Å². The maximum Gasteiger partial charge on any atom is 0.235 e. The number of rotatable bonds is 2. The van der Waals surface area contributed by atoms with E-state index in [0.29, 0.717) is 5.92 Å². The van der Waals surface area contributed by atoms with Gasteiger partial charge in [-0.05, 0) is 12.3 Å². The van der Waals surface area contributed by atoms with Gasteiger partial charge in [-0.25, -0.2) is 8.42 Å². The lowest BCUT2D eigenvalue weighted by atomic mass is 10.3. The Morgan fingerprint density at radius 2 is 2.22 bits per heavy atom. The first-order valence-electron chi connectivity index (χ1n) is 2.99. The van der Waals surface area contributed by atoms with Crippen LogP contribution in [0, 0.1) is 5.92 Å². The van der Waals surface area contributed by atoms with Crippen molar-refractivity contribution >= 4 is 19.7 Å². The van der Waals surface area contributed by atoms with Crippen molar-refractivity contribution in [3.05, 3.63) is 0 Å². The van der Waals surface area contributed by atoms with E-state index in [9.17, 15) is 8.42 Å². The van der Waals surface area contributed by atoms with Crippen LogP contribution >= 0.6 is 10.7 Å². The average Bonchev–Trinajstić information content (AvgIpc) is 2.39. The van der Waals surface area contributed by atoms with E-state index in [1.165, 1.54) is 0 Å². The molecule has 0 N–H and O–H groups in total. The number of hydrogen-bond acceptors (Lipinski definition) is 2. The quantitative estimate of drug-likeness (QED) is 0.584. The summed E-state index contributed by atoms with van der Waals surface area (Å²) in [5, 5.41) is -0.232. The highest BCUT2D eigenvalue weighted by molar-refractivity contribution is 8.14. The molecule has 0 unspecified atom stereocenters. The molecule has 0 heterocycles. The van der Waals surface area contributed by atoms with Gasteiger partial charge in [0.1, 0.15) is 0 Å². The van der Waals surface area contributed by atoms with Crippen LogP contribution in [0.2, 0.25) is 0 Å². The van der Waals surface area contributed by atoms with Crippen LogP contribution in [0.1, 0.15) is 19.8 Å². The molecule has 0 aromatic heterocycles. The zero-order valence-electron chi connectivity index (χ0n) is 5.17. The van der Waals surface area contributed by atoms with Crippen LogP contribution in [0.5, 0.6) is 0 Å². The molecule has 0 amide bonds. The van der Waals surface area contributed by atoms with E-state index < -0.39 is 9.05 Å². The van der Waals surface area contributed by atoms with Gasteiger partial charge < -0.3 is 0 Å². The van der Waals surface area contributed by atoms with Gasteiger partial charge in [-0.2, -0.15) is 0 Å². The van der Waals surface area contributed by atoms with E-state index >= 15 is 0 Å². The predicted octanol–water partition coefficient (Wildman–Crippen LogP) is 1.35. The molecule has 2 atom stereocenters. The summed E-state index contributed by atoms with van der Waals surface area (Å²) in [5.41, 5.74) is 0. The van der Waals surface area contributed by atoms with E-state index in [4.69, 9.17) is 10.7 Å². The van der Waals surface area contributed by atoms with Crippen molar-refractivity contribution in [1.29, 1.82) is 0 Å². The Hall–Kier alpha value is 0.240. The van der Waals surface area contributed by atoms with Crippen LogP contribution in [-0.4, -0.2) is 13.7 Å². The maximum absolute atomic E-state index is 10.5. The minimum Gasteiger partial charge on any atom is -0.212 e. The normalized spacial score (nSPS) is 34.4. The minimum absolute atomic E-state index is 0.232.